The van der Waals surface area contributed by atoms with Crippen LogP contribution in [0, 0.1) is 5.41 Å². The molecule has 3 atom stereocenters. The summed E-state index contributed by atoms with van der Waals surface area (Å²) in [6, 6.07) is 0. The fraction of sp³-hybridized carbons (Fsp3) is 1.00. The van der Waals surface area contributed by atoms with Gasteiger partial charge in [0, 0.05) is 5.33 Å². The van der Waals surface area contributed by atoms with Crippen molar-refractivity contribution in [3.63, 3.8) is 0 Å². The summed E-state index contributed by atoms with van der Waals surface area (Å²) in [6.45, 7) is 6.82. The monoisotopic (exact) mass is 262 g/mol. The highest BCUT2D eigenvalue weighted by atomic mass is 79.9. The third kappa shape index (κ3) is 3.54. The second kappa shape index (κ2) is 5.50. The van der Waals surface area contributed by atoms with Crippen LogP contribution in [0.5, 0.6) is 0 Å². The number of halogens is 1. The van der Waals surface area contributed by atoms with Gasteiger partial charge in [-0.05, 0) is 38.0 Å². The van der Waals surface area contributed by atoms with Crippen LogP contribution in [0.3, 0.4) is 0 Å². The Morgan fingerprint density at radius 3 is 2.57 bits per heavy atom. The average Bonchev–Trinajstić information content (AvgIpc) is 2.51. The maximum Gasteiger partial charge on any atom is 0.0585 e. The molecular formula is C12H23BrO. The van der Waals surface area contributed by atoms with E-state index < -0.39 is 0 Å². The molecule has 2 heteroatoms. The van der Waals surface area contributed by atoms with Crippen LogP contribution in [0.15, 0.2) is 0 Å². The molecule has 0 amide bonds. The van der Waals surface area contributed by atoms with E-state index in [2.05, 4.69) is 36.7 Å². The fourth-order valence-corrected chi connectivity index (χ4v) is 2.92. The molecule has 1 rings (SSSR count). The molecule has 0 aromatic heterocycles. The summed E-state index contributed by atoms with van der Waals surface area (Å²) >= 11 is 3.64. The Morgan fingerprint density at radius 1 is 1.43 bits per heavy atom. The normalized spacial score (nSPS) is 31.7. The van der Waals surface area contributed by atoms with Crippen molar-refractivity contribution < 1.29 is 4.74 Å². The Morgan fingerprint density at radius 2 is 2.14 bits per heavy atom. The first-order valence-electron chi connectivity index (χ1n) is 5.81. The van der Waals surface area contributed by atoms with Crippen molar-refractivity contribution >= 4 is 15.9 Å². The van der Waals surface area contributed by atoms with Crippen molar-refractivity contribution in [2.24, 2.45) is 5.41 Å². The lowest BCUT2D eigenvalue weighted by molar-refractivity contribution is 0.0279. The standard InChI is InChI=1S/C12H23BrO/c1-4-7-12(3,9-13)8-11-6-5-10(2)14-11/h10-11H,4-9H2,1-3H3. The van der Waals surface area contributed by atoms with Crippen LogP contribution < -0.4 is 0 Å². The second-order valence-corrected chi connectivity index (χ2v) is 5.61. The van der Waals surface area contributed by atoms with Gasteiger partial charge in [0.05, 0.1) is 12.2 Å². The first-order chi connectivity index (χ1) is 6.59. The molecule has 1 fully saturated rings. The van der Waals surface area contributed by atoms with E-state index in [9.17, 15) is 0 Å². The van der Waals surface area contributed by atoms with Gasteiger partial charge in [-0.15, -0.1) is 0 Å². The Kier molecular flexibility index (Phi) is 4.92. The van der Waals surface area contributed by atoms with E-state index in [1.54, 1.807) is 0 Å². The van der Waals surface area contributed by atoms with Crippen molar-refractivity contribution in [3.05, 3.63) is 0 Å². The smallest absolute Gasteiger partial charge is 0.0585 e. The molecule has 0 aromatic rings. The van der Waals surface area contributed by atoms with Gasteiger partial charge < -0.3 is 4.74 Å². The molecule has 1 heterocycles. The summed E-state index contributed by atoms with van der Waals surface area (Å²) in [5, 5.41) is 1.10. The molecule has 0 saturated carbocycles. The van der Waals surface area contributed by atoms with E-state index in [4.69, 9.17) is 4.74 Å². The van der Waals surface area contributed by atoms with Crippen LogP contribution in [0.1, 0.15) is 52.9 Å². The van der Waals surface area contributed by atoms with Gasteiger partial charge >= 0.3 is 0 Å². The molecule has 0 N–H and O–H groups in total. The van der Waals surface area contributed by atoms with Crippen molar-refractivity contribution in [1.82, 2.24) is 0 Å². The van der Waals surface area contributed by atoms with E-state index >= 15 is 0 Å². The first-order valence-corrected chi connectivity index (χ1v) is 6.93. The highest BCUT2D eigenvalue weighted by Gasteiger charge is 2.30. The van der Waals surface area contributed by atoms with E-state index in [0.29, 0.717) is 17.6 Å². The Balaban J connectivity index is 2.39. The lowest BCUT2D eigenvalue weighted by Crippen LogP contribution is -2.25. The van der Waals surface area contributed by atoms with E-state index in [0.717, 1.165) is 5.33 Å². The molecule has 0 aliphatic carbocycles. The van der Waals surface area contributed by atoms with Crippen LogP contribution in [-0.2, 0) is 4.74 Å². The minimum Gasteiger partial charge on any atom is -0.375 e. The van der Waals surface area contributed by atoms with Gasteiger partial charge in [0.15, 0.2) is 0 Å². The zero-order valence-electron chi connectivity index (χ0n) is 9.68. The van der Waals surface area contributed by atoms with E-state index in [1.165, 1.54) is 32.1 Å². The molecule has 0 spiro atoms. The minimum atomic E-state index is 0.434. The largest absolute Gasteiger partial charge is 0.375 e. The van der Waals surface area contributed by atoms with E-state index in [-0.39, 0.29) is 0 Å². The Bertz CT molecular complexity index is 172. The van der Waals surface area contributed by atoms with Crippen LogP contribution in [-0.4, -0.2) is 17.5 Å². The maximum atomic E-state index is 5.88. The van der Waals surface area contributed by atoms with Crippen LogP contribution in [0.2, 0.25) is 0 Å². The molecule has 0 bridgehead atoms. The fourth-order valence-electron chi connectivity index (χ4n) is 2.41. The quantitative estimate of drug-likeness (QED) is 0.677. The van der Waals surface area contributed by atoms with Gasteiger partial charge in [-0.3, -0.25) is 0 Å². The molecule has 1 nitrogen and oxygen atoms in total. The molecule has 1 saturated heterocycles. The highest BCUT2D eigenvalue weighted by molar-refractivity contribution is 9.09. The molecule has 1 aliphatic heterocycles. The van der Waals surface area contributed by atoms with Crippen LogP contribution in [0.4, 0.5) is 0 Å². The molecule has 84 valence electrons. The van der Waals surface area contributed by atoms with Gasteiger partial charge in [0.1, 0.15) is 0 Å². The molecule has 3 unspecified atom stereocenters. The van der Waals surface area contributed by atoms with Gasteiger partial charge in [0.2, 0.25) is 0 Å². The predicted molar refractivity (Wildman–Crippen MR) is 65.0 cm³/mol. The van der Waals surface area contributed by atoms with Gasteiger partial charge in [-0.2, -0.15) is 0 Å². The van der Waals surface area contributed by atoms with Crippen LogP contribution in [0.25, 0.3) is 0 Å². The SMILES string of the molecule is CCCC(C)(CBr)CC1CCC(C)O1. The lowest BCUT2D eigenvalue weighted by atomic mass is 9.82. The Labute approximate surface area is 96.7 Å². The summed E-state index contributed by atoms with van der Waals surface area (Å²) in [6.07, 6.45) is 7.29. The van der Waals surface area contributed by atoms with E-state index in [1.807, 2.05) is 0 Å². The predicted octanol–water partition coefficient (Wildman–Crippen LogP) is 4.15. The minimum absolute atomic E-state index is 0.434. The van der Waals surface area contributed by atoms with Gasteiger partial charge in [-0.1, -0.05) is 36.2 Å². The molecule has 1 aliphatic rings. The second-order valence-electron chi connectivity index (χ2n) is 5.04. The third-order valence-electron chi connectivity index (χ3n) is 3.22. The molecule has 0 radical (unpaired) electrons. The molecule has 14 heavy (non-hydrogen) atoms. The highest BCUT2D eigenvalue weighted by Crippen LogP contribution is 2.35. The van der Waals surface area contributed by atoms with Crippen molar-refractivity contribution in [3.8, 4) is 0 Å². The number of rotatable bonds is 5. The molecular weight excluding hydrogens is 240 g/mol. The summed E-state index contributed by atoms with van der Waals surface area (Å²) in [7, 11) is 0. The topological polar surface area (TPSA) is 9.23 Å². The summed E-state index contributed by atoms with van der Waals surface area (Å²) in [5.41, 5.74) is 0.434. The lowest BCUT2D eigenvalue weighted by Gasteiger charge is -2.29. The first kappa shape index (κ1) is 12.5. The zero-order valence-corrected chi connectivity index (χ0v) is 11.3. The van der Waals surface area contributed by atoms with Crippen molar-refractivity contribution in [2.45, 2.75) is 65.1 Å². The summed E-state index contributed by atoms with van der Waals surface area (Å²) in [5.74, 6) is 0. The Hall–Kier alpha value is 0.440. The summed E-state index contributed by atoms with van der Waals surface area (Å²) in [4.78, 5) is 0. The van der Waals surface area contributed by atoms with Crippen molar-refractivity contribution in [1.29, 1.82) is 0 Å². The average molecular weight is 263 g/mol. The maximum absolute atomic E-state index is 5.88. The number of ether oxygens (including phenoxy) is 1. The number of alkyl halides is 1. The zero-order chi connectivity index (χ0) is 10.6. The number of hydrogen-bond donors (Lipinski definition) is 0. The third-order valence-corrected chi connectivity index (χ3v) is 4.57. The van der Waals surface area contributed by atoms with Gasteiger partial charge in [-0.25, -0.2) is 0 Å². The van der Waals surface area contributed by atoms with Gasteiger partial charge in [0.25, 0.3) is 0 Å². The van der Waals surface area contributed by atoms with Crippen molar-refractivity contribution in [2.75, 3.05) is 5.33 Å². The molecule has 0 aromatic carbocycles. The van der Waals surface area contributed by atoms with Crippen LogP contribution >= 0.6 is 15.9 Å². The number of hydrogen-bond acceptors (Lipinski definition) is 1. The summed E-state index contributed by atoms with van der Waals surface area (Å²) < 4.78 is 5.88.